The predicted molar refractivity (Wildman–Crippen MR) is 117 cm³/mol. The van der Waals surface area contributed by atoms with Crippen LogP contribution in [0.4, 0.5) is 5.69 Å². The van der Waals surface area contributed by atoms with E-state index in [4.69, 9.17) is 4.74 Å². The Bertz CT molecular complexity index is 1100. The summed E-state index contributed by atoms with van der Waals surface area (Å²) < 4.78 is 33.6. The summed E-state index contributed by atoms with van der Waals surface area (Å²) in [6, 6.07) is 18.9. The molecule has 1 aliphatic rings. The van der Waals surface area contributed by atoms with Crippen LogP contribution in [-0.2, 0) is 14.8 Å². The van der Waals surface area contributed by atoms with Crippen molar-refractivity contribution < 1.29 is 17.9 Å². The normalized spacial score (nSPS) is 17.4. The Morgan fingerprint density at radius 2 is 1.77 bits per heavy atom. The standard InChI is InChI=1S/C22H22N2O4S2/c25-22(19-12-6-7-15-24(19)30(26,27)21-14-8-16-29-21)23-18-11-4-5-13-20(18)28-17-9-2-1-3-10-17/h1-5,8-11,13-14,16,19H,6-7,12,15H2,(H,23,25)/t19-/m0/s1. The zero-order valence-electron chi connectivity index (χ0n) is 16.2. The van der Waals surface area contributed by atoms with Crippen LogP contribution >= 0.6 is 11.3 Å². The Kier molecular flexibility index (Phi) is 6.17. The van der Waals surface area contributed by atoms with Crippen LogP contribution in [0.2, 0.25) is 0 Å². The first-order valence-electron chi connectivity index (χ1n) is 9.74. The molecule has 3 aromatic rings. The van der Waals surface area contributed by atoms with Gasteiger partial charge in [-0.2, -0.15) is 4.31 Å². The number of nitrogens with zero attached hydrogens (tertiary/aromatic N) is 1. The molecule has 1 aromatic heterocycles. The molecule has 1 N–H and O–H groups in total. The summed E-state index contributed by atoms with van der Waals surface area (Å²) in [5.74, 6) is 0.804. The summed E-state index contributed by atoms with van der Waals surface area (Å²) in [4.78, 5) is 13.1. The fourth-order valence-corrected chi connectivity index (χ4v) is 6.25. The Labute approximate surface area is 180 Å². The number of piperidine rings is 1. The highest BCUT2D eigenvalue weighted by Gasteiger charge is 2.38. The van der Waals surface area contributed by atoms with Crippen LogP contribution in [0.25, 0.3) is 0 Å². The number of sulfonamides is 1. The lowest BCUT2D eigenvalue weighted by Crippen LogP contribution is -2.49. The topological polar surface area (TPSA) is 75.7 Å². The maximum atomic E-state index is 13.1. The Balaban J connectivity index is 1.56. The zero-order valence-corrected chi connectivity index (χ0v) is 17.9. The monoisotopic (exact) mass is 442 g/mol. The van der Waals surface area contributed by atoms with Crippen LogP contribution in [-0.4, -0.2) is 31.2 Å². The number of nitrogens with one attached hydrogen (secondary N) is 1. The lowest BCUT2D eigenvalue weighted by atomic mass is 10.0. The zero-order chi connectivity index (χ0) is 21.0. The van der Waals surface area contributed by atoms with E-state index in [1.807, 2.05) is 36.4 Å². The van der Waals surface area contributed by atoms with Crippen molar-refractivity contribution in [1.29, 1.82) is 0 Å². The minimum atomic E-state index is -3.70. The summed E-state index contributed by atoms with van der Waals surface area (Å²) in [5, 5.41) is 4.61. The van der Waals surface area contributed by atoms with E-state index in [1.165, 1.54) is 4.31 Å². The predicted octanol–water partition coefficient (Wildman–Crippen LogP) is 4.72. The van der Waals surface area contributed by atoms with E-state index in [0.717, 1.165) is 24.2 Å². The van der Waals surface area contributed by atoms with Crippen LogP contribution < -0.4 is 10.1 Å². The van der Waals surface area contributed by atoms with Crippen molar-refractivity contribution in [2.45, 2.75) is 29.5 Å². The second kappa shape index (κ2) is 8.99. The van der Waals surface area contributed by atoms with Gasteiger partial charge in [-0.3, -0.25) is 4.79 Å². The summed E-state index contributed by atoms with van der Waals surface area (Å²) >= 11 is 1.16. The molecule has 4 rings (SSSR count). The van der Waals surface area contributed by atoms with Crippen molar-refractivity contribution >= 4 is 33.0 Å². The van der Waals surface area contributed by atoms with Crippen molar-refractivity contribution in [3.8, 4) is 11.5 Å². The van der Waals surface area contributed by atoms with Crippen LogP contribution in [0.3, 0.4) is 0 Å². The molecule has 2 heterocycles. The molecular formula is C22H22N2O4S2. The minimum Gasteiger partial charge on any atom is -0.455 e. The summed E-state index contributed by atoms with van der Waals surface area (Å²) in [7, 11) is -3.70. The quantitative estimate of drug-likeness (QED) is 0.599. The highest BCUT2D eigenvalue weighted by Crippen LogP contribution is 2.32. The number of carbonyl (C=O) groups excluding carboxylic acids is 1. The molecule has 30 heavy (non-hydrogen) atoms. The van der Waals surface area contributed by atoms with Crippen LogP contribution in [0.15, 0.2) is 76.3 Å². The largest absolute Gasteiger partial charge is 0.455 e. The lowest BCUT2D eigenvalue weighted by molar-refractivity contribution is -0.120. The van der Waals surface area contributed by atoms with Crippen LogP contribution in [0, 0.1) is 0 Å². The van der Waals surface area contributed by atoms with E-state index < -0.39 is 16.1 Å². The van der Waals surface area contributed by atoms with Gasteiger partial charge in [0.05, 0.1) is 5.69 Å². The van der Waals surface area contributed by atoms with E-state index >= 15 is 0 Å². The molecule has 0 spiro atoms. The first-order valence-corrected chi connectivity index (χ1v) is 12.1. The number of thiophene rings is 1. The lowest BCUT2D eigenvalue weighted by Gasteiger charge is -2.33. The van der Waals surface area contributed by atoms with Gasteiger partial charge in [0.1, 0.15) is 16.0 Å². The average molecular weight is 443 g/mol. The summed E-state index contributed by atoms with van der Waals surface area (Å²) in [6.45, 7) is 0.334. The maximum absolute atomic E-state index is 13.1. The van der Waals surface area contributed by atoms with E-state index in [1.54, 1.807) is 35.7 Å². The highest BCUT2D eigenvalue weighted by atomic mass is 32.2. The Morgan fingerprint density at radius 3 is 2.53 bits per heavy atom. The van der Waals surface area contributed by atoms with Crippen molar-refractivity contribution in [3.63, 3.8) is 0 Å². The smallest absolute Gasteiger partial charge is 0.253 e. The molecule has 1 saturated heterocycles. The van der Waals surface area contributed by atoms with Crippen molar-refractivity contribution in [2.75, 3.05) is 11.9 Å². The fraction of sp³-hybridized carbons (Fsp3) is 0.227. The highest BCUT2D eigenvalue weighted by molar-refractivity contribution is 7.91. The number of rotatable bonds is 6. The van der Waals surface area contributed by atoms with E-state index in [-0.39, 0.29) is 10.1 Å². The summed E-state index contributed by atoms with van der Waals surface area (Å²) in [6.07, 6.45) is 2.02. The third-order valence-electron chi connectivity index (χ3n) is 4.93. The average Bonchev–Trinajstić information content (AvgIpc) is 3.32. The Hall–Kier alpha value is -2.68. The SMILES string of the molecule is O=C(Nc1ccccc1Oc1ccccc1)[C@@H]1CCCCN1S(=O)(=O)c1cccs1. The van der Waals surface area contributed by atoms with Crippen molar-refractivity contribution in [1.82, 2.24) is 4.31 Å². The van der Waals surface area contributed by atoms with Gasteiger partial charge in [0.15, 0.2) is 5.75 Å². The molecule has 0 saturated carbocycles. The number of amides is 1. The van der Waals surface area contributed by atoms with Gasteiger partial charge in [-0.25, -0.2) is 8.42 Å². The molecule has 1 fully saturated rings. The van der Waals surface area contributed by atoms with E-state index in [9.17, 15) is 13.2 Å². The number of hydrogen-bond donors (Lipinski definition) is 1. The van der Waals surface area contributed by atoms with Gasteiger partial charge >= 0.3 is 0 Å². The third-order valence-corrected chi connectivity index (χ3v) is 8.21. The minimum absolute atomic E-state index is 0.259. The first-order chi connectivity index (χ1) is 14.6. The van der Waals surface area contributed by atoms with Crippen molar-refractivity contribution in [3.05, 3.63) is 72.1 Å². The van der Waals surface area contributed by atoms with E-state index in [0.29, 0.717) is 30.2 Å². The second-order valence-electron chi connectivity index (χ2n) is 6.96. The molecule has 8 heteroatoms. The second-order valence-corrected chi connectivity index (χ2v) is 10.0. The van der Waals surface area contributed by atoms with Gasteiger partial charge in [0.2, 0.25) is 5.91 Å². The van der Waals surface area contributed by atoms with Gasteiger partial charge < -0.3 is 10.1 Å². The number of benzene rings is 2. The summed E-state index contributed by atoms with van der Waals surface area (Å²) in [5.41, 5.74) is 0.505. The van der Waals surface area contributed by atoms with Gasteiger partial charge in [-0.15, -0.1) is 11.3 Å². The molecule has 156 valence electrons. The maximum Gasteiger partial charge on any atom is 0.253 e. The third kappa shape index (κ3) is 4.40. The molecule has 0 radical (unpaired) electrons. The molecule has 0 aliphatic carbocycles. The van der Waals surface area contributed by atoms with Gasteiger partial charge in [-0.05, 0) is 48.6 Å². The van der Waals surface area contributed by atoms with E-state index in [2.05, 4.69) is 5.32 Å². The fourth-order valence-electron chi connectivity index (χ4n) is 3.47. The number of anilines is 1. The molecule has 2 aromatic carbocycles. The first kappa shape index (κ1) is 20.6. The number of carbonyl (C=O) groups is 1. The molecule has 6 nitrogen and oxygen atoms in total. The number of ether oxygens (including phenoxy) is 1. The molecule has 1 amide bonds. The Morgan fingerprint density at radius 1 is 1.00 bits per heavy atom. The molecule has 1 atom stereocenters. The molecular weight excluding hydrogens is 420 g/mol. The van der Waals surface area contributed by atoms with Crippen molar-refractivity contribution in [2.24, 2.45) is 0 Å². The number of para-hydroxylation sites is 3. The number of hydrogen-bond acceptors (Lipinski definition) is 5. The van der Waals surface area contributed by atoms with Crippen LogP contribution in [0.1, 0.15) is 19.3 Å². The van der Waals surface area contributed by atoms with Crippen LogP contribution in [0.5, 0.6) is 11.5 Å². The molecule has 0 unspecified atom stereocenters. The molecule has 1 aliphatic heterocycles. The van der Waals surface area contributed by atoms with Gasteiger partial charge in [0, 0.05) is 6.54 Å². The van der Waals surface area contributed by atoms with Gasteiger partial charge in [-0.1, -0.05) is 42.8 Å². The van der Waals surface area contributed by atoms with Gasteiger partial charge in [0.25, 0.3) is 10.0 Å². The molecule has 0 bridgehead atoms.